The van der Waals surface area contributed by atoms with Crippen molar-refractivity contribution in [2.24, 2.45) is 34.0 Å². The third kappa shape index (κ3) is 2.43. The third-order valence-electron chi connectivity index (χ3n) is 6.33. The highest BCUT2D eigenvalue weighted by Crippen LogP contribution is 2.70. The van der Waals surface area contributed by atoms with Gasteiger partial charge < -0.3 is 0 Å². The first-order valence-corrected chi connectivity index (χ1v) is 8.63. The zero-order valence-electron chi connectivity index (χ0n) is 14.0. The number of nitrogens with zero attached hydrogens (tertiary/aromatic N) is 1. The summed E-state index contributed by atoms with van der Waals surface area (Å²) in [5.41, 5.74) is 0.529. The van der Waals surface area contributed by atoms with Gasteiger partial charge in [0.25, 0.3) is 0 Å². The first-order chi connectivity index (χ1) is 9.69. The number of Topliss-reactive ketones (excluding diaryl/α,β-unsaturated/α-hetero) is 1. The Morgan fingerprint density at radius 2 is 1.71 bits per heavy atom. The molecule has 0 aromatic carbocycles. The monoisotopic (exact) mass is 287 g/mol. The van der Waals surface area contributed by atoms with Gasteiger partial charge in [-0.3, -0.25) is 4.79 Å². The fraction of sp³-hybridized carbons (Fsp3) is 0.895. The van der Waals surface area contributed by atoms with E-state index >= 15 is 0 Å². The Morgan fingerprint density at radius 1 is 1.14 bits per heavy atom. The van der Waals surface area contributed by atoms with E-state index < -0.39 is 0 Å². The van der Waals surface area contributed by atoms with Crippen molar-refractivity contribution in [2.45, 2.75) is 72.6 Å². The maximum atomic E-state index is 13.2. The number of ketones is 1. The Morgan fingerprint density at radius 3 is 2.14 bits per heavy atom. The van der Waals surface area contributed by atoms with Gasteiger partial charge in [0.15, 0.2) is 5.78 Å². The molecule has 0 amide bonds. The fourth-order valence-electron chi connectivity index (χ4n) is 6.78. The minimum Gasteiger partial charge on any atom is -0.298 e. The van der Waals surface area contributed by atoms with Gasteiger partial charge in [0.05, 0.1) is 6.07 Å². The van der Waals surface area contributed by atoms with E-state index in [-0.39, 0.29) is 11.3 Å². The smallest absolute Gasteiger partial charge is 0.156 e. The second kappa shape index (κ2) is 4.58. The van der Waals surface area contributed by atoms with Crippen LogP contribution in [-0.4, -0.2) is 5.78 Å². The zero-order valence-corrected chi connectivity index (χ0v) is 14.0. The van der Waals surface area contributed by atoms with Gasteiger partial charge >= 0.3 is 0 Å². The van der Waals surface area contributed by atoms with Gasteiger partial charge in [-0.2, -0.15) is 5.26 Å². The average Bonchev–Trinajstić information content (AvgIpc) is 2.30. The van der Waals surface area contributed by atoms with Crippen LogP contribution in [0.3, 0.4) is 0 Å². The predicted octanol–water partition coefficient (Wildman–Crippen LogP) is 4.74. The lowest BCUT2D eigenvalue weighted by Crippen LogP contribution is -2.58. The first-order valence-electron chi connectivity index (χ1n) is 8.63. The summed E-state index contributed by atoms with van der Waals surface area (Å²) in [6.45, 7) is 9.00. The van der Waals surface area contributed by atoms with Gasteiger partial charge in [-0.05, 0) is 67.6 Å². The number of nitriles is 1. The van der Waals surface area contributed by atoms with Crippen molar-refractivity contribution in [2.75, 3.05) is 0 Å². The second-order valence-electron chi connectivity index (χ2n) is 9.59. The van der Waals surface area contributed by atoms with E-state index in [0.29, 0.717) is 22.5 Å². The van der Waals surface area contributed by atoms with Crippen molar-refractivity contribution in [3.05, 3.63) is 0 Å². The maximum absolute atomic E-state index is 13.2. The number of hydrogen-bond donors (Lipinski definition) is 0. The summed E-state index contributed by atoms with van der Waals surface area (Å²) in [5.74, 6) is 1.05. The SMILES string of the molecule is CC(C)CC(C#N)C(=O)C12CC3CC(C)(CC(C)(C3)C1)C2. The molecule has 0 aliphatic heterocycles. The van der Waals surface area contributed by atoms with Gasteiger partial charge in [0.1, 0.15) is 5.92 Å². The van der Waals surface area contributed by atoms with Gasteiger partial charge in [0, 0.05) is 5.41 Å². The molecule has 2 nitrogen and oxygen atoms in total. The molecule has 0 aromatic rings. The van der Waals surface area contributed by atoms with Crippen LogP contribution in [0.15, 0.2) is 0 Å². The van der Waals surface area contributed by atoms with Crippen LogP contribution >= 0.6 is 0 Å². The lowest BCUT2D eigenvalue weighted by atomic mass is 9.39. The van der Waals surface area contributed by atoms with Crippen molar-refractivity contribution >= 4 is 5.78 Å². The van der Waals surface area contributed by atoms with Crippen LogP contribution in [0.4, 0.5) is 0 Å². The molecule has 4 bridgehead atoms. The topological polar surface area (TPSA) is 40.9 Å². The van der Waals surface area contributed by atoms with Crippen LogP contribution in [0.5, 0.6) is 0 Å². The lowest BCUT2D eigenvalue weighted by molar-refractivity contribution is -0.170. The van der Waals surface area contributed by atoms with Crippen LogP contribution in [0.1, 0.15) is 72.6 Å². The number of hydrogen-bond acceptors (Lipinski definition) is 2. The van der Waals surface area contributed by atoms with Crippen LogP contribution in [0.2, 0.25) is 0 Å². The van der Waals surface area contributed by atoms with Gasteiger partial charge in [0.2, 0.25) is 0 Å². The minimum atomic E-state index is -0.381. The first kappa shape index (κ1) is 15.1. The van der Waals surface area contributed by atoms with E-state index in [1.807, 2.05) is 0 Å². The zero-order chi connectivity index (χ0) is 15.5. The Labute approximate surface area is 129 Å². The molecular weight excluding hydrogens is 258 g/mol. The Balaban J connectivity index is 1.90. The molecular formula is C19H29NO. The Bertz CT molecular complexity index is 482. The molecule has 0 aromatic heterocycles. The molecule has 0 heterocycles. The lowest BCUT2D eigenvalue weighted by Gasteiger charge is -2.65. The molecule has 3 unspecified atom stereocenters. The quantitative estimate of drug-likeness (QED) is 0.749. The molecule has 4 fully saturated rings. The molecule has 0 saturated heterocycles. The van der Waals surface area contributed by atoms with Gasteiger partial charge in [-0.25, -0.2) is 0 Å². The molecule has 0 radical (unpaired) electrons. The van der Waals surface area contributed by atoms with Crippen molar-refractivity contribution < 1.29 is 4.79 Å². The highest BCUT2D eigenvalue weighted by molar-refractivity contribution is 5.89. The fourth-order valence-corrected chi connectivity index (χ4v) is 6.78. The van der Waals surface area contributed by atoms with Gasteiger partial charge in [-0.1, -0.05) is 27.7 Å². The van der Waals surface area contributed by atoms with Gasteiger partial charge in [-0.15, -0.1) is 0 Å². The van der Waals surface area contributed by atoms with E-state index in [0.717, 1.165) is 31.6 Å². The summed E-state index contributed by atoms with van der Waals surface area (Å²) in [6.07, 6.45) is 7.77. The molecule has 4 saturated carbocycles. The highest BCUT2D eigenvalue weighted by atomic mass is 16.1. The average molecular weight is 287 g/mol. The van der Waals surface area contributed by atoms with Crippen molar-refractivity contribution in [1.29, 1.82) is 5.26 Å². The number of carbonyl (C=O) groups excluding carboxylic acids is 1. The predicted molar refractivity (Wildman–Crippen MR) is 83.4 cm³/mol. The van der Waals surface area contributed by atoms with E-state index in [9.17, 15) is 10.1 Å². The number of carbonyl (C=O) groups is 1. The highest BCUT2D eigenvalue weighted by Gasteiger charge is 2.63. The molecule has 4 aliphatic rings. The molecule has 116 valence electrons. The minimum absolute atomic E-state index is 0.168. The Hall–Kier alpha value is -0.840. The summed E-state index contributed by atoms with van der Waals surface area (Å²) in [7, 11) is 0. The van der Waals surface area contributed by atoms with Crippen LogP contribution in [0, 0.1) is 45.3 Å². The van der Waals surface area contributed by atoms with Crippen LogP contribution in [-0.2, 0) is 4.79 Å². The largest absolute Gasteiger partial charge is 0.298 e. The van der Waals surface area contributed by atoms with E-state index in [1.165, 1.54) is 19.3 Å². The summed E-state index contributed by atoms with van der Waals surface area (Å²) >= 11 is 0. The maximum Gasteiger partial charge on any atom is 0.156 e. The van der Waals surface area contributed by atoms with E-state index in [2.05, 4.69) is 33.8 Å². The molecule has 21 heavy (non-hydrogen) atoms. The molecule has 4 aliphatic carbocycles. The van der Waals surface area contributed by atoms with Crippen LogP contribution in [0.25, 0.3) is 0 Å². The van der Waals surface area contributed by atoms with Crippen LogP contribution < -0.4 is 0 Å². The normalized spacial score (nSPS) is 45.6. The number of rotatable bonds is 4. The van der Waals surface area contributed by atoms with Crippen molar-refractivity contribution in [3.63, 3.8) is 0 Å². The van der Waals surface area contributed by atoms with E-state index in [4.69, 9.17) is 0 Å². The third-order valence-corrected chi connectivity index (χ3v) is 6.33. The summed E-state index contributed by atoms with van der Waals surface area (Å²) in [5, 5.41) is 9.50. The summed E-state index contributed by atoms with van der Waals surface area (Å²) < 4.78 is 0. The molecule has 4 rings (SSSR count). The standard InChI is InChI=1S/C19H29NO/c1-13(2)5-15(9-20)16(21)19-8-14-6-17(3,11-19)10-18(4,7-14)12-19/h13-15H,5-8,10-12H2,1-4H3. The second-order valence-corrected chi connectivity index (χ2v) is 9.59. The van der Waals surface area contributed by atoms with Crippen molar-refractivity contribution in [3.8, 4) is 6.07 Å². The Kier molecular flexibility index (Phi) is 3.28. The molecule has 0 N–H and O–H groups in total. The van der Waals surface area contributed by atoms with Crippen molar-refractivity contribution in [1.82, 2.24) is 0 Å². The summed E-state index contributed by atoms with van der Waals surface area (Å²) in [6, 6.07) is 2.33. The summed E-state index contributed by atoms with van der Waals surface area (Å²) in [4.78, 5) is 13.2. The molecule has 0 spiro atoms. The molecule has 2 heteroatoms. The van der Waals surface area contributed by atoms with E-state index in [1.54, 1.807) is 0 Å². The molecule has 3 atom stereocenters.